The molecule has 1 aliphatic heterocycles. The van der Waals surface area contributed by atoms with Crippen LogP contribution in [0.4, 0.5) is 5.69 Å². The molecule has 0 fully saturated rings. The van der Waals surface area contributed by atoms with Crippen molar-refractivity contribution >= 4 is 38.9 Å². The van der Waals surface area contributed by atoms with Gasteiger partial charge < -0.3 is 15.8 Å². The molecule has 3 heterocycles. The number of aromatic nitrogens is 2. The summed E-state index contributed by atoms with van der Waals surface area (Å²) in [6, 6.07) is 4.61. The second-order valence-electron chi connectivity index (χ2n) is 7.64. The number of halogens is 1. The Bertz CT molecular complexity index is 1130. The first-order chi connectivity index (χ1) is 13.9. The molecule has 1 atom stereocenters. The predicted molar refractivity (Wildman–Crippen MR) is 115 cm³/mol. The molecule has 0 saturated heterocycles. The minimum absolute atomic E-state index is 0.00175. The van der Waals surface area contributed by atoms with Crippen LogP contribution < -0.4 is 15.8 Å². The number of rotatable bonds is 4. The van der Waals surface area contributed by atoms with Crippen LogP contribution >= 0.6 is 11.6 Å². The number of nitrogens with zero attached hydrogens (tertiary/aromatic N) is 3. The van der Waals surface area contributed by atoms with Gasteiger partial charge in [0, 0.05) is 11.8 Å². The first-order valence-electron chi connectivity index (χ1n) is 8.95. The molecule has 0 spiro atoms. The van der Waals surface area contributed by atoms with Gasteiger partial charge in [-0.1, -0.05) is 11.6 Å². The minimum atomic E-state index is -3.62. The highest BCUT2D eigenvalue weighted by Gasteiger charge is 2.49. The number of methoxy groups -OCH3 is 1. The number of pyridine rings is 2. The molecule has 2 aromatic rings. The second-order valence-corrected chi connectivity index (χ2v) is 10.6. The number of hydrogen-bond donors (Lipinski definition) is 2. The standard InChI is InChI=1S/C19H22ClN5O4S/c1-18(2)17(21)25-19(3,10-30(18,27)28)13-7-12(9-23-16(13)29-4)24-15(26)14-6-5-11(20)8-22-14/h5-9H,10H2,1-4H3,(H2,21,25)(H,24,26). The summed E-state index contributed by atoms with van der Waals surface area (Å²) >= 11 is 5.80. The minimum Gasteiger partial charge on any atom is -0.481 e. The zero-order chi connectivity index (χ0) is 22.3. The van der Waals surface area contributed by atoms with Crippen molar-refractivity contribution in [2.45, 2.75) is 31.1 Å². The van der Waals surface area contributed by atoms with E-state index in [1.54, 1.807) is 19.1 Å². The van der Waals surface area contributed by atoms with Crippen molar-refractivity contribution in [3.8, 4) is 5.88 Å². The summed E-state index contributed by atoms with van der Waals surface area (Å²) in [5.74, 6) is -0.582. The van der Waals surface area contributed by atoms with E-state index < -0.39 is 26.0 Å². The molecule has 11 heteroatoms. The molecule has 2 aromatic heterocycles. The fraction of sp³-hybridized carbons (Fsp3) is 0.368. The van der Waals surface area contributed by atoms with E-state index in [1.807, 2.05) is 0 Å². The highest BCUT2D eigenvalue weighted by Crippen LogP contribution is 2.40. The Kier molecular flexibility index (Phi) is 5.50. The monoisotopic (exact) mass is 451 g/mol. The third-order valence-corrected chi connectivity index (χ3v) is 8.01. The Morgan fingerprint density at radius 3 is 2.50 bits per heavy atom. The maximum atomic E-state index is 12.9. The van der Waals surface area contributed by atoms with Gasteiger partial charge >= 0.3 is 0 Å². The summed E-state index contributed by atoms with van der Waals surface area (Å²) in [5, 5.41) is 3.09. The summed E-state index contributed by atoms with van der Waals surface area (Å²) in [6.45, 7) is 4.68. The van der Waals surface area contributed by atoms with Gasteiger partial charge in [0.05, 0.1) is 29.8 Å². The maximum Gasteiger partial charge on any atom is 0.274 e. The summed E-state index contributed by atoms with van der Waals surface area (Å²) in [4.78, 5) is 25.1. The number of amides is 1. The van der Waals surface area contributed by atoms with Crippen molar-refractivity contribution in [2.24, 2.45) is 10.7 Å². The van der Waals surface area contributed by atoms with E-state index in [1.165, 1.54) is 39.4 Å². The van der Waals surface area contributed by atoms with Crippen LogP contribution in [0, 0.1) is 0 Å². The van der Waals surface area contributed by atoms with Crippen LogP contribution in [0.5, 0.6) is 5.88 Å². The van der Waals surface area contributed by atoms with E-state index in [-0.39, 0.29) is 23.2 Å². The number of hydrogen-bond acceptors (Lipinski definition) is 8. The molecule has 0 aliphatic carbocycles. The number of carbonyl (C=O) groups excluding carboxylic acids is 1. The number of carbonyl (C=O) groups is 1. The van der Waals surface area contributed by atoms with Gasteiger partial charge in [-0.15, -0.1) is 0 Å². The van der Waals surface area contributed by atoms with Crippen LogP contribution in [-0.2, 0) is 15.4 Å². The maximum absolute atomic E-state index is 12.9. The Hall–Kier alpha value is -2.72. The van der Waals surface area contributed by atoms with Gasteiger partial charge in [0.15, 0.2) is 9.84 Å². The molecule has 9 nitrogen and oxygen atoms in total. The third-order valence-electron chi connectivity index (χ3n) is 5.08. The Labute approximate surface area is 179 Å². The van der Waals surface area contributed by atoms with Crippen molar-refractivity contribution in [2.75, 3.05) is 18.2 Å². The van der Waals surface area contributed by atoms with Crippen LogP contribution in [0.1, 0.15) is 36.8 Å². The van der Waals surface area contributed by atoms with Crippen molar-refractivity contribution in [1.82, 2.24) is 9.97 Å². The number of ether oxygens (including phenoxy) is 1. The van der Waals surface area contributed by atoms with Gasteiger partial charge in [-0.2, -0.15) is 0 Å². The lowest BCUT2D eigenvalue weighted by atomic mass is 9.94. The van der Waals surface area contributed by atoms with Crippen LogP contribution in [0.15, 0.2) is 35.6 Å². The van der Waals surface area contributed by atoms with Crippen molar-refractivity contribution in [3.05, 3.63) is 46.9 Å². The molecule has 1 unspecified atom stereocenters. The fourth-order valence-electron chi connectivity index (χ4n) is 3.05. The number of anilines is 1. The van der Waals surface area contributed by atoms with E-state index in [9.17, 15) is 13.2 Å². The molecule has 3 rings (SSSR count). The molecule has 1 amide bonds. The van der Waals surface area contributed by atoms with Crippen LogP contribution in [0.25, 0.3) is 0 Å². The Balaban J connectivity index is 2.02. The van der Waals surface area contributed by atoms with E-state index in [0.29, 0.717) is 16.3 Å². The highest BCUT2D eigenvalue weighted by atomic mass is 35.5. The predicted octanol–water partition coefficient (Wildman–Crippen LogP) is 2.17. The number of aliphatic imine (C=N–C) groups is 1. The van der Waals surface area contributed by atoms with Gasteiger partial charge in [-0.05, 0) is 39.0 Å². The molecule has 1 aliphatic rings. The van der Waals surface area contributed by atoms with Gasteiger partial charge in [0.25, 0.3) is 5.91 Å². The largest absolute Gasteiger partial charge is 0.481 e. The molecule has 0 saturated carbocycles. The zero-order valence-corrected chi connectivity index (χ0v) is 18.5. The van der Waals surface area contributed by atoms with Gasteiger partial charge in [0.1, 0.15) is 21.8 Å². The molecule has 160 valence electrons. The van der Waals surface area contributed by atoms with E-state index in [0.717, 1.165) is 0 Å². The van der Waals surface area contributed by atoms with E-state index in [4.69, 9.17) is 22.1 Å². The molecule has 0 radical (unpaired) electrons. The van der Waals surface area contributed by atoms with E-state index >= 15 is 0 Å². The molecule has 30 heavy (non-hydrogen) atoms. The first kappa shape index (κ1) is 22.0. The topological polar surface area (TPSA) is 137 Å². The van der Waals surface area contributed by atoms with Crippen LogP contribution in [0.2, 0.25) is 5.02 Å². The summed E-state index contributed by atoms with van der Waals surface area (Å²) in [5.41, 5.74) is 5.65. The van der Waals surface area contributed by atoms with Gasteiger partial charge in [-0.25, -0.2) is 18.4 Å². The lowest BCUT2D eigenvalue weighted by Crippen LogP contribution is -2.54. The number of nitrogens with one attached hydrogen (secondary N) is 1. The quantitative estimate of drug-likeness (QED) is 0.726. The van der Waals surface area contributed by atoms with Gasteiger partial charge in [0.2, 0.25) is 5.88 Å². The number of sulfone groups is 1. The molecular formula is C19H22ClN5O4S. The third kappa shape index (κ3) is 3.84. The summed E-state index contributed by atoms with van der Waals surface area (Å²) in [7, 11) is -2.21. The molecule has 0 bridgehead atoms. The SMILES string of the molecule is COc1ncc(NC(=O)c2ccc(Cl)cn2)cc1C1(C)CS(=O)(=O)C(C)(C)C(N)=N1. The highest BCUT2D eigenvalue weighted by molar-refractivity contribution is 7.93. The Morgan fingerprint density at radius 2 is 1.93 bits per heavy atom. The molecule has 3 N–H and O–H groups in total. The molecular weight excluding hydrogens is 430 g/mol. The summed E-state index contributed by atoms with van der Waals surface area (Å²) < 4.78 is 29.8. The van der Waals surface area contributed by atoms with Crippen LogP contribution in [0.3, 0.4) is 0 Å². The number of nitrogens with two attached hydrogens (primary N) is 1. The van der Waals surface area contributed by atoms with E-state index in [2.05, 4.69) is 20.3 Å². The fourth-order valence-corrected chi connectivity index (χ4v) is 4.85. The number of amidine groups is 1. The average Bonchev–Trinajstić information content (AvgIpc) is 2.66. The Morgan fingerprint density at radius 1 is 1.23 bits per heavy atom. The molecule has 0 aromatic carbocycles. The lowest BCUT2D eigenvalue weighted by molar-refractivity contribution is 0.102. The summed E-state index contributed by atoms with van der Waals surface area (Å²) in [6.07, 6.45) is 2.76. The van der Waals surface area contributed by atoms with Crippen molar-refractivity contribution in [3.63, 3.8) is 0 Å². The average molecular weight is 452 g/mol. The van der Waals surface area contributed by atoms with Crippen molar-refractivity contribution in [1.29, 1.82) is 0 Å². The smallest absolute Gasteiger partial charge is 0.274 e. The zero-order valence-electron chi connectivity index (χ0n) is 16.9. The lowest BCUT2D eigenvalue weighted by Gasteiger charge is -2.38. The second kappa shape index (κ2) is 7.51. The van der Waals surface area contributed by atoms with Crippen LogP contribution in [-0.4, -0.2) is 47.7 Å². The van der Waals surface area contributed by atoms with Gasteiger partial charge in [-0.3, -0.25) is 9.79 Å². The van der Waals surface area contributed by atoms with Crippen molar-refractivity contribution < 1.29 is 17.9 Å². The first-order valence-corrected chi connectivity index (χ1v) is 11.0. The normalized spacial score (nSPS) is 22.1.